The smallest absolute Gasteiger partial charge is 0.310 e. The molecule has 2 unspecified atom stereocenters. The highest BCUT2D eigenvalue weighted by atomic mass is 16.5. The van der Waals surface area contributed by atoms with Gasteiger partial charge in [0, 0.05) is 0 Å². The number of carboxylic acids is 1. The van der Waals surface area contributed by atoms with Crippen LogP contribution in [-0.4, -0.2) is 23.7 Å². The predicted octanol–water partition coefficient (Wildman–Crippen LogP) is 1.07. The Morgan fingerprint density at radius 2 is 1.93 bits per heavy atom. The van der Waals surface area contributed by atoms with Crippen molar-refractivity contribution in [1.29, 1.82) is 0 Å². The number of rotatable bonds is 3. The number of fused-ring (bicyclic) bond motifs is 2. The SMILES string of the molecule is CCOC(=O)C1C(C(=O)O)[C@H]2C=C[C@@H]1C2. The highest BCUT2D eigenvalue weighted by molar-refractivity contribution is 5.83. The third kappa shape index (κ3) is 1.54. The van der Waals surface area contributed by atoms with Crippen LogP contribution in [0.25, 0.3) is 0 Å². The normalized spacial score (nSPS) is 36.9. The first-order valence-corrected chi connectivity index (χ1v) is 5.23. The molecule has 2 aliphatic rings. The zero-order valence-electron chi connectivity index (χ0n) is 8.55. The molecule has 2 bridgehead atoms. The van der Waals surface area contributed by atoms with Gasteiger partial charge >= 0.3 is 11.9 Å². The zero-order valence-corrected chi connectivity index (χ0v) is 8.55. The molecule has 4 heteroatoms. The highest BCUT2D eigenvalue weighted by Crippen LogP contribution is 2.48. The van der Waals surface area contributed by atoms with Crippen molar-refractivity contribution in [3.05, 3.63) is 12.2 Å². The molecule has 82 valence electrons. The molecule has 2 rings (SSSR count). The monoisotopic (exact) mass is 210 g/mol. The van der Waals surface area contributed by atoms with E-state index in [9.17, 15) is 9.59 Å². The van der Waals surface area contributed by atoms with E-state index in [-0.39, 0.29) is 17.8 Å². The van der Waals surface area contributed by atoms with Crippen LogP contribution in [0, 0.1) is 23.7 Å². The number of ether oxygens (including phenoxy) is 1. The quantitative estimate of drug-likeness (QED) is 0.559. The number of esters is 1. The second-order valence-corrected chi connectivity index (χ2v) is 4.09. The number of allylic oxidation sites excluding steroid dienone is 2. The number of carboxylic acid groups (broad SMARTS) is 1. The number of hydrogen-bond acceptors (Lipinski definition) is 3. The maximum Gasteiger partial charge on any atom is 0.310 e. The van der Waals surface area contributed by atoms with Gasteiger partial charge in [0.25, 0.3) is 0 Å². The van der Waals surface area contributed by atoms with Gasteiger partial charge in [0.1, 0.15) is 0 Å². The molecule has 0 saturated heterocycles. The van der Waals surface area contributed by atoms with Gasteiger partial charge in [-0.25, -0.2) is 0 Å². The molecule has 0 radical (unpaired) electrons. The van der Waals surface area contributed by atoms with Gasteiger partial charge in [0.2, 0.25) is 0 Å². The minimum atomic E-state index is -0.884. The van der Waals surface area contributed by atoms with Crippen LogP contribution in [-0.2, 0) is 14.3 Å². The molecule has 0 amide bonds. The topological polar surface area (TPSA) is 63.6 Å². The zero-order chi connectivity index (χ0) is 11.0. The summed E-state index contributed by atoms with van der Waals surface area (Å²) in [4.78, 5) is 22.7. The molecule has 0 aromatic carbocycles. The molecule has 1 fully saturated rings. The summed E-state index contributed by atoms with van der Waals surface area (Å²) in [7, 11) is 0. The lowest BCUT2D eigenvalue weighted by molar-refractivity contribution is -0.158. The molecule has 0 aromatic heterocycles. The predicted molar refractivity (Wildman–Crippen MR) is 52.0 cm³/mol. The molecule has 4 atom stereocenters. The molecule has 1 saturated carbocycles. The largest absolute Gasteiger partial charge is 0.481 e. The average Bonchev–Trinajstić information content (AvgIpc) is 2.76. The van der Waals surface area contributed by atoms with Crippen molar-refractivity contribution in [3.63, 3.8) is 0 Å². The van der Waals surface area contributed by atoms with E-state index in [2.05, 4.69) is 0 Å². The van der Waals surface area contributed by atoms with Crippen LogP contribution in [0.1, 0.15) is 13.3 Å². The Hall–Kier alpha value is -1.32. The van der Waals surface area contributed by atoms with Crippen molar-refractivity contribution in [2.75, 3.05) is 6.61 Å². The molecule has 1 N–H and O–H groups in total. The summed E-state index contributed by atoms with van der Waals surface area (Å²) in [6.07, 6.45) is 4.64. The van der Waals surface area contributed by atoms with E-state index < -0.39 is 17.8 Å². The lowest BCUT2D eigenvalue weighted by Crippen LogP contribution is -2.34. The fourth-order valence-corrected chi connectivity index (χ4v) is 2.72. The van der Waals surface area contributed by atoms with Crippen LogP contribution in [0.15, 0.2) is 12.2 Å². The van der Waals surface area contributed by atoms with Gasteiger partial charge in [0.15, 0.2) is 0 Å². The minimum Gasteiger partial charge on any atom is -0.481 e. The third-order valence-corrected chi connectivity index (χ3v) is 3.30. The lowest BCUT2D eigenvalue weighted by Gasteiger charge is -2.22. The molecular weight excluding hydrogens is 196 g/mol. The van der Waals surface area contributed by atoms with Crippen LogP contribution >= 0.6 is 0 Å². The Morgan fingerprint density at radius 1 is 1.33 bits per heavy atom. The van der Waals surface area contributed by atoms with Crippen molar-refractivity contribution in [2.24, 2.45) is 23.7 Å². The standard InChI is InChI=1S/C11H14O4/c1-2-15-11(14)9-7-4-3-6(5-7)8(9)10(12)13/h3-4,6-9H,2,5H2,1H3,(H,12,13)/t6-,7+,8?,9?/m0/s1. The Labute approximate surface area is 87.9 Å². The van der Waals surface area contributed by atoms with Crippen molar-refractivity contribution in [1.82, 2.24) is 0 Å². The number of carbonyl (C=O) groups is 2. The van der Waals surface area contributed by atoms with Crippen LogP contribution in [0.5, 0.6) is 0 Å². The van der Waals surface area contributed by atoms with E-state index in [0.29, 0.717) is 6.61 Å². The van der Waals surface area contributed by atoms with Gasteiger partial charge < -0.3 is 9.84 Å². The van der Waals surface area contributed by atoms with Gasteiger partial charge in [-0.3, -0.25) is 9.59 Å². The summed E-state index contributed by atoms with van der Waals surface area (Å²) in [5.74, 6) is -2.22. The molecule has 4 nitrogen and oxygen atoms in total. The summed E-state index contributed by atoms with van der Waals surface area (Å²) < 4.78 is 4.92. The summed E-state index contributed by atoms with van der Waals surface area (Å²) >= 11 is 0. The van der Waals surface area contributed by atoms with E-state index >= 15 is 0 Å². The second kappa shape index (κ2) is 3.68. The Kier molecular flexibility index (Phi) is 2.50. The maximum atomic E-state index is 11.6. The fourth-order valence-electron chi connectivity index (χ4n) is 2.72. The van der Waals surface area contributed by atoms with Crippen LogP contribution in [0.2, 0.25) is 0 Å². The van der Waals surface area contributed by atoms with Gasteiger partial charge in [-0.05, 0) is 25.2 Å². The van der Waals surface area contributed by atoms with Crippen LogP contribution in [0.4, 0.5) is 0 Å². The molecule has 2 aliphatic carbocycles. The molecule has 0 aliphatic heterocycles. The summed E-state index contributed by atoms with van der Waals surface area (Å²) in [6, 6.07) is 0. The first-order chi connectivity index (χ1) is 7.15. The van der Waals surface area contributed by atoms with Crippen LogP contribution in [0.3, 0.4) is 0 Å². The molecule has 0 aromatic rings. The van der Waals surface area contributed by atoms with E-state index in [0.717, 1.165) is 6.42 Å². The second-order valence-electron chi connectivity index (χ2n) is 4.09. The summed E-state index contributed by atoms with van der Waals surface area (Å²) in [6.45, 7) is 2.04. The molecule has 0 heterocycles. The maximum absolute atomic E-state index is 11.6. The molecule has 15 heavy (non-hydrogen) atoms. The van der Waals surface area contributed by atoms with Gasteiger partial charge in [-0.2, -0.15) is 0 Å². The first-order valence-electron chi connectivity index (χ1n) is 5.23. The van der Waals surface area contributed by atoms with Gasteiger partial charge in [-0.15, -0.1) is 0 Å². The lowest BCUT2D eigenvalue weighted by atomic mass is 9.83. The van der Waals surface area contributed by atoms with E-state index in [1.807, 2.05) is 12.2 Å². The fraction of sp³-hybridized carbons (Fsp3) is 0.636. The van der Waals surface area contributed by atoms with Crippen molar-refractivity contribution >= 4 is 11.9 Å². The highest BCUT2D eigenvalue weighted by Gasteiger charge is 2.52. The van der Waals surface area contributed by atoms with Crippen LogP contribution < -0.4 is 0 Å². The van der Waals surface area contributed by atoms with E-state index in [1.54, 1.807) is 6.92 Å². The van der Waals surface area contributed by atoms with Crippen molar-refractivity contribution in [3.8, 4) is 0 Å². The number of aliphatic carboxylic acids is 1. The van der Waals surface area contributed by atoms with Crippen molar-refractivity contribution < 1.29 is 19.4 Å². The summed E-state index contributed by atoms with van der Waals surface area (Å²) in [5, 5.41) is 9.08. The molecular formula is C11H14O4. The number of hydrogen-bond donors (Lipinski definition) is 1. The first kappa shape index (κ1) is 10.2. The average molecular weight is 210 g/mol. The van der Waals surface area contributed by atoms with Gasteiger partial charge in [0.05, 0.1) is 18.4 Å². The minimum absolute atomic E-state index is 0.0157. The Bertz CT molecular complexity index is 321. The van der Waals surface area contributed by atoms with E-state index in [1.165, 1.54) is 0 Å². The van der Waals surface area contributed by atoms with E-state index in [4.69, 9.17) is 9.84 Å². The summed E-state index contributed by atoms with van der Waals surface area (Å²) in [5.41, 5.74) is 0. The Balaban J connectivity index is 2.19. The van der Waals surface area contributed by atoms with Crippen molar-refractivity contribution in [2.45, 2.75) is 13.3 Å². The number of carbonyl (C=O) groups excluding carboxylic acids is 1. The van der Waals surface area contributed by atoms with Gasteiger partial charge in [-0.1, -0.05) is 12.2 Å². The Morgan fingerprint density at radius 3 is 2.47 bits per heavy atom. The molecule has 0 spiro atoms. The third-order valence-electron chi connectivity index (χ3n) is 3.30.